The third-order valence-electron chi connectivity index (χ3n) is 3.68. The molecule has 0 unspecified atom stereocenters. The van der Waals surface area contributed by atoms with Crippen LogP contribution < -0.4 is 12.3 Å². The van der Waals surface area contributed by atoms with Crippen molar-refractivity contribution in [1.29, 1.82) is 0 Å². The van der Waals surface area contributed by atoms with Gasteiger partial charge in [-0.15, -0.1) is 0 Å². The van der Waals surface area contributed by atoms with E-state index in [9.17, 15) is 4.79 Å². The molecule has 0 aliphatic rings. The topological polar surface area (TPSA) is 96.3 Å². The summed E-state index contributed by atoms with van der Waals surface area (Å²) in [7, 11) is 0. The third kappa shape index (κ3) is 5.01. The summed E-state index contributed by atoms with van der Waals surface area (Å²) >= 11 is 0. The number of hydrogen-bond donors (Lipinski definition) is 2. The number of carbonyl (C=O) groups excluding carboxylic acids is 1. The Labute approximate surface area is 116 Å². The third-order valence-corrected chi connectivity index (χ3v) is 3.68. The van der Waals surface area contributed by atoms with E-state index in [1.54, 1.807) is 0 Å². The summed E-state index contributed by atoms with van der Waals surface area (Å²) in [5, 5.41) is 0. The van der Waals surface area contributed by atoms with Gasteiger partial charge in [0.25, 0.3) is 0 Å². The van der Waals surface area contributed by atoms with Crippen LogP contribution in [0.25, 0.3) is 0 Å². The zero-order valence-corrected chi connectivity index (χ0v) is 12.4. The fraction of sp³-hybridized carbons (Fsp3) is 0.533. The van der Waals surface area contributed by atoms with Crippen LogP contribution in [-0.2, 0) is 16.1 Å². The van der Waals surface area contributed by atoms with E-state index in [2.05, 4.69) is 20.8 Å². The van der Waals surface area contributed by atoms with Crippen LogP contribution in [0, 0.1) is 5.41 Å². The minimum atomic E-state index is -0.297. The highest BCUT2D eigenvalue weighted by atomic mass is 16.5. The first-order chi connectivity index (χ1) is 8.18. The lowest BCUT2D eigenvalue weighted by Crippen LogP contribution is -2.31. The van der Waals surface area contributed by atoms with Gasteiger partial charge in [-0.1, -0.05) is 51.1 Å². The Morgan fingerprint density at radius 3 is 1.89 bits per heavy atom. The van der Waals surface area contributed by atoms with Gasteiger partial charge >= 0.3 is 5.97 Å². The summed E-state index contributed by atoms with van der Waals surface area (Å²) in [6.45, 7) is 6.53. The molecule has 0 fully saturated rings. The molecule has 0 aromatic heterocycles. The molecule has 0 radical (unpaired) electrons. The second-order valence-corrected chi connectivity index (χ2v) is 4.40. The monoisotopic (exact) mass is 268 g/mol. The van der Waals surface area contributed by atoms with Gasteiger partial charge in [-0.05, 0) is 24.8 Å². The molecular formula is C15H28N2O2. The molecule has 4 nitrogen and oxygen atoms in total. The van der Waals surface area contributed by atoms with Crippen molar-refractivity contribution >= 4 is 5.97 Å². The van der Waals surface area contributed by atoms with Crippen LogP contribution in [0.2, 0.25) is 0 Å². The van der Waals surface area contributed by atoms with E-state index in [0.29, 0.717) is 6.61 Å². The zero-order valence-electron chi connectivity index (χ0n) is 12.4. The van der Waals surface area contributed by atoms with Crippen LogP contribution in [0.1, 0.15) is 45.6 Å². The number of ether oxygens (including phenoxy) is 1. The molecule has 0 heterocycles. The van der Waals surface area contributed by atoms with Crippen LogP contribution in [0.4, 0.5) is 0 Å². The van der Waals surface area contributed by atoms with Crippen molar-refractivity contribution in [3.8, 4) is 0 Å². The molecule has 0 bridgehead atoms. The molecule has 6 N–H and O–H groups in total. The summed E-state index contributed by atoms with van der Waals surface area (Å²) in [5.41, 5.74) is 0.743. The summed E-state index contributed by atoms with van der Waals surface area (Å²) in [5.74, 6) is -0.0612. The summed E-state index contributed by atoms with van der Waals surface area (Å²) < 4.78 is 5.43. The van der Waals surface area contributed by atoms with Crippen molar-refractivity contribution in [3.63, 3.8) is 0 Å². The van der Waals surface area contributed by atoms with Crippen molar-refractivity contribution in [2.75, 3.05) is 0 Å². The van der Waals surface area contributed by atoms with Crippen LogP contribution in [0.3, 0.4) is 0 Å². The van der Waals surface area contributed by atoms with E-state index in [0.717, 1.165) is 24.8 Å². The van der Waals surface area contributed by atoms with E-state index in [1.165, 1.54) is 0 Å². The minimum Gasteiger partial charge on any atom is -0.460 e. The van der Waals surface area contributed by atoms with Crippen LogP contribution in [0.15, 0.2) is 30.3 Å². The highest BCUT2D eigenvalue weighted by molar-refractivity contribution is 5.76. The fourth-order valence-corrected chi connectivity index (χ4v) is 2.06. The predicted octanol–water partition coefficient (Wildman–Crippen LogP) is 4.27. The first-order valence-corrected chi connectivity index (χ1v) is 6.39. The molecule has 0 aliphatic heterocycles. The summed E-state index contributed by atoms with van der Waals surface area (Å²) in [6, 6.07) is 9.81. The smallest absolute Gasteiger partial charge is 0.312 e. The molecular weight excluding hydrogens is 240 g/mol. The van der Waals surface area contributed by atoms with Gasteiger partial charge in [0.2, 0.25) is 0 Å². The van der Waals surface area contributed by atoms with E-state index in [1.807, 2.05) is 30.3 Å². The Morgan fingerprint density at radius 2 is 1.47 bits per heavy atom. The summed E-state index contributed by atoms with van der Waals surface area (Å²) in [6.07, 6.45) is 2.52. The molecule has 0 amide bonds. The SMILES string of the molecule is CCC(CC)(CC)C(=O)OCc1ccccc1.N.N. The molecule has 4 heteroatoms. The minimum absolute atomic E-state index is 0. The summed E-state index contributed by atoms with van der Waals surface area (Å²) in [4.78, 5) is 12.1. The molecule has 1 aromatic rings. The quantitative estimate of drug-likeness (QED) is 0.753. The van der Waals surface area contributed by atoms with Crippen LogP contribution in [0.5, 0.6) is 0 Å². The van der Waals surface area contributed by atoms with Gasteiger partial charge < -0.3 is 17.0 Å². The van der Waals surface area contributed by atoms with Crippen molar-refractivity contribution in [2.24, 2.45) is 5.41 Å². The Hall–Kier alpha value is -1.39. The Kier molecular flexibility index (Phi) is 10.00. The lowest BCUT2D eigenvalue weighted by atomic mass is 9.80. The zero-order chi connectivity index (χ0) is 12.7. The number of benzene rings is 1. The molecule has 0 aliphatic carbocycles. The lowest BCUT2D eigenvalue weighted by molar-refractivity contribution is -0.158. The average Bonchev–Trinajstić information content (AvgIpc) is 2.40. The molecule has 1 rings (SSSR count). The van der Waals surface area contributed by atoms with Crippen LogP contribution >= 0.6 is 0 Å². The van der Waals surface area contributed by atoms with Gasteiger partial charge in [0.05, 0.1) is 5.41 Å². The number of esters is 1. The lowest BCUT2D eigenvalue weighted by Gasteiger charge is -2.27. The molecule has 0 saturated heterocycles. The predicted molar refractivity (Wildman–Crippen MR) is 79.6 cm³/mol. The first-order valence-electron chi connectivity index (χ1n) is 6.39. The standard InChI is InChI=1S/C15H22O2.2H3N/c1-4-15(5-2,6-3)14(16)17-12-13-10-8-7-9-11-13;;/h7-11H,4-6,12H2,1-3H3;2*1H3. The van der Waals surface area contributed by atoms with Gasteiger partial charge in [0, 0.05) is 0 Å². The Bertz CT molecular complexity index is 340. The van der Waals surface area contributed by atoms with Crippen molar-refractivity contribution in [3.05, 3.63) is 35.9 Å². The Balaban J connectivity index is 0. The normalized spacial score (nSPS) is 10.1. The highest BCUT2D eigenvalue weighted by Gasteiger charge is 2.34. The second kappa shape index (κ2) is 9.53. The van der Waals surface area contributed by atoms with E-state index >= 15 is 0 Å². The van der Waals surface area contributed by atoms with Crippen molar-refractivity contribution in [2.45, 2.75) is 46.6 Å². The van der Waals surface area contributed by atoms with Gasteiger partial charge in [-0.2, -0.15) is 0 Å². The largest absolute Gasteiger partial charge is 0.460 e. The van der Waals surface area contributed by atoms with E-state index in [-0.39, 0.29) is 23.7 Å². The number of rotatable bonds is 6. The molecule has 1 aromatic carbocycles. The maximum absolute atomic E-state index is 12.1. The molecule has 0 atom stereocenters. The van der Waals surface area contributed by atoms with E-state index < -0.39 is 0 Å². The fourth-order valence-electron chi connectivity index (χ4n) is 2.06. The maximum atomic E-state index is 12.1. The molecule has 19 heavy (non-hydrogen) atoms. The Morgan fingerprint density at radius 1 is 1.00 bits per heavy atom. The molecule has 0 spiro atoms. The second-order valence-electron chi connectivity index (χ2n) is 4.40. The average molecular weight is 268 g/mol. The maximum Gasteiger partial charge on any atom is 0.312 e. The molecule has 110 valence electrons. The highest BCUT2D eigenvalue weighted by Crippen LogP contribution is 2.32. The van der Waals surface area contributed by atoms with Crippen molar-refractivity contribution < 1.29 is 9.53 Å². The van der Waals surface area contributed by atoms with Gasteiger partial charge in [0.1, 0.15) is 6.61 Å². The van der Waals surface area contributed by atoms with Gasteiger partial charge in [-0.3, -0.25) is 4.79 Å². The van der Waals surface area contributed by atoms with E-state index in [4.69, 9.17) is 4.74 Å². The van der Waals surface area contributed by atoms with Crippen LogP contribution in [-0.4, -0.2) is 5.97 Å². The van der Waals surface area contributed by atoms with Gasteiger partial charge in [0.15, 0.2) is 0 Å². The molecule has 0 saturated carbocycles. The van der Waals surface area contributed by atoms with Gasteiger partial charge in [-0.25, -0.2) is 0 Å². The first kappa shape index (κ1) is 19.9. The van der Waals surface area contributed by atoms with Crippen molar-refractivity contribution in [1.82, 2.24) is 12.3 Å². The number of carbonyl (C=O) groups is 1. The number of hydrogen-bond acceptors (Lipinski definition) is 4.